The van der Waals surface area contributed by atoms with Crippen LogP contribution in [0.4, 0.5) is 0 Å². The van der Waals surface area contributed by atoms with Crippen LogP contribution in [0, 0.1) is 0 Å². The monoisotopic (exact) mass is 286 g/mol. The number of hydrogen-bond donors (Lipinski definition) is 3. The topological polar surface area (TPSA) is 70.6 Å². The first-order chi connectivity index (χ1) is 9.13. The molecule has 0 aromatic heterocycles. The zero-order valence-corrected chi connectivity index (χ0v) is 11.6. The number of halogens is 1. The van der Waals surface area contributed by atoms with Crippen molar-refractivity contribution in [3.05, 3.63) is 34.9 Å². The van der Waals surface area contributed by atoms with E-state index in [2.05, 4.69) is 10.6 Å². The van der Waals surface area contributed by atoms with Gasteiger partial charge in [0.15, 0.2) is 0 Å². The van der Waals surface area contributed by atoms with Crippen LogP contribution in [0.2, 0.25) is 5.02 Å². The molecule has 0 aliphatic rings. The fourth-order valence-corrected chi connectivity index (χ4v) is 1.61. The third kappa shape index (κ3) is 6.54. The second-order valence-corrected chi connectivity index (χ2v) is 4.47. The Morgan fingerprint density at radius 2 is 2.21 bits per heavy atom. The summed E-state index contributed by atoms with van der Waals surface area (Å²) >= 11 is 5.97. The number of likely N-dealkylation sites (N-methyl/N-ethyl adjacent to an activating group) is 1. The van der Waals surface area contributed by atoms with Gasteiger partial charge in [-0.15, -0.1) is 0 Å². The number of rotatable bonds is 8. The van der Waals surface area contributed by atoms with Gasteiger partial charge in [-0.05, 0) is 11.6 Å². The minimum absolute atomic E-state index is 0.121. The quantitative estimate of drug-likeness (QED) is 0.653. The second kappa shape index (κ2) is 8.87. The van der Waals surface area contributed by atoms with Crippen LogP contribution < -0.4 is 10.6 Å². The zero-order chi connectivity index (χ0) is 14.1. The Labute approximate surface area is 117 Å². The van der Waals surface area contributed by atoms with E-state index in [4.69, 9.17) is 16.3 Å². The first-order valence-electron chi connectivity index (χ1n) is 6.04. The summed E-state index contributed by atoms with van der Waals surface area (Å²) in [4.78, 5) is 10.9. The van der Waals surface area contributed by atoms with Crippen LogP contribution in [-0.2, 0) is 16.1 Å². The predicted octanol–water partition coefficient (Wildman–Crippen LogP) is 0.553. The molecule has 0 fully saturated rings. The second-order valence-electron chi connectivity index (χ2n) is 4.06. The molecule has 1 unspecified atom stereocenters. The zero-order valence-electron chi connectivity index (χ0n) is 10.9. The number of carbonyl (C=O) groups is 1. The number of carbonyl (C=O) groups excluding carboxylic acids is 1. The van der Waals surface area contributed by atoms with Crippen LogP contribution in [0.3, 0.4) is 0 Å². The lowest BCUT2D eigenvalue weighted by atomic mass is 10.2. The van der Waals surface area contributed by atoms with Gasteiger partial charge in [-0.2, -0.15) is 0 Å². The van der Waals surface area contributed by atoms with Gasteiger partial charge in [0, 0.05) is 18.6 Å². The minimum atomic E-state index is -0.660. The van der Waals surface area contributed by atoms with E-state index in [-0.39, 0.29) is 19.1 Å². The highest BCUT2D eigenvalue weighted by atomic mass is 35.5. The maximum absolute atomic E-state index is 10.9. The van der Waals surface area contributed by atoms with Crippen LogP contribution in [0.15, 0.2) is 24.3 Å². The Hall–Kier alpha value is -1.14. The number of aliphatic hydroxyl groups is 1. The van der Waals surface area contributed by atoms with Crippen molar-refractivity contribution >= 4 is 17.5 Å². The van der Waals surface area contributed by atoms with E-state index in [1.807, 2.05) is 18.2 Å². The summed E-state index contributed by atoms with van der Waals surface area (Å²) in [5.41, 5.74) is 0.884. The first kappa shape index (κ1) is 15.9. The molecule has 0 aliphatic heterocycles. The third-order valence-corrected chi connectivity index (χ3v) is 2.84. The van der Waals surface area contributed by atoms with Gasteiger partial charge < -0.3 is 20.5 Å². The highest BCUT2D eigenvalue weighted by Gasteiger charge is 2.06. The summed E-state index contributed by atoms with van der Waals surface area (Å²) in [6, 6.07) is 7.40. The average Bonchev–Trinajstić information content (AvgIpc) is 2.40. The minimum Gasteiger partial charge on any atom is -0.389 e. The highest BCUT2D eigenvalue weighted by molar-refractivity contribution is 6.31. The van der Waals surface area contributed by atoms with Crippen LogP contribution in [0.5, 0.6) is 0 Å². The number of hydrogen-bond acceptors (Lipinski definition) is 4. The summed E-state index contributed by atoms with van der Waals surface area (Å²) in [5, 5.41) is 15.6. The maximum atomic E-state index is 10.9. The number of benzene rings is 1. The van der Waals surface area contributed by atoms with Crippen LogP contribution >= 0.6 is 11.6 Å². The normalized spacial score (nSPS) is 12.2. The highest BCUT2D eigenvalue weighted by Crippen LogP contribution is 2.15. The fourth-order valence-electron chi connectivity index (χ4n) is 1.42. The number of nitrogens with one attached hydrogen (secondary N) is 2. The molecule has 0 spiro atoms. The number of ether oxygens (including phenoxy) is 1. The van der Waals surface area contributed by atoms with Gasteiger partial charge in [0.25, 0.3) is 0 Å². The summed E-state index contributed by atoms with van der Waals surface area (Å²) in [6.45, 7) is 1.02. The molecule has 1 rings (SSSR count). The molecule has 1 atom stereocenters. The van der Waals surface area contributed by atoms with Gasteiger partial charge in [0.2, 0.25) is 5.91 Å². The van der Waals surface area contributed by atoms with E-state index >= 15 is 0 Å². The van der Waals surface area contributed by atoms with Gasteiger partial charge in [0.1, 0.15) is 0 Å². The molecule has 3 N–H and O–H groups in total. The van der Waals surface area contributed by atoms with Gasteiger partial charge >= 0.3 is 0 Å². The Bertz CT molecular complexity index is 401. The molecule has 0 bridgehead atoms. The third-order valence-electron chi connectivity index (χ3n) is 2.47. The molecular formula is C13H19ClN2O3. The van der Waals surface area contributed by atoms with E-state index in [9.17, 15) is 9.90 Å². The molecule has 0 heterocycles. The standard InChI is InChI=1S/C13H19ClN2O3/c1-15-13(18)7-16-6-11(17)9-19-8-10-4-2-3-5-12(10)14/h2-5,11,16-17H,6-9H2,1H3,(H,15,18). The van der Waals surface area contributed by atoms with E-state index in [0.717, 1.165) is 5.56 Å². The molecule has 0 saturated heterocycles. The molecule has 1 amide bonds. The van der Waals surface area contributed by atoms with Gasteiger partial charge in [-0.3, -0.25) is 4.79 Å². The maximum Gasteiger partial charge on any atom is 0.233 e. The molecule has 0 saturated carbocycles. The van der Waals surface area contributed by atoms with Crippen molar-refractivity contribution in [3.63, 3.8) is 0 Å². The van der Waals surface area contributed by atoms with E-state index in [0.29, 0.717) is 18.2 Å². The van der Waals surface area contributed by atoms with Gasteiger partial charge in [-0.25, -0.2) is 0 Å². The molecule has 5 nitrogen and oxygen atoms in total. The summed E-state index contributed by atoms with van der Waals surface area (Å²) < 4.78 is 5.37. The Morgan fingerprint density at radius 1 is 1.47 bits per heavy atom. The molecule has 19 heavy (non-hydrogen) atoms. The summed E-state index contributed by atoms with van der Waals surface area (Å²) in [6.07, 6.45) is -0.660. The molecule has 1 aromatic rings. The van der Waals surface area contributed by atoms with Gasteiger partial charge in [0.05, 0.1) is 25.9 Å². The predicted molar refractivity (Wildman–Crippen MR) is 74.1 cm³/mol. The SMILES string of the molecule is CNC(=O)CNCC(O)COCc1ccccc1Cl. The van der Waals surface area contributed by atoms with Crippen molar-refractivity contribution in [1.82, 2.24) is 10.6 Å². The Balaban J connectivity index is 2.15. The lowest BCUT2D eigenvalue weighted by Gasteiger charge is -2.12. The van der Waals surface area contributed by atoms with Crippen LogP contribution in [0.25, 0.3) is 0 Å². The van der Waals surface area contributed by atoms with Crippen LogP contribution in [0.1, 0.15) is 5.56 Å². The Morgan fingerprint density at radius 3 is 2.89 bits per heavy atom. The van der Waals surface area contributed by atoms with Crippen molar-refractivity contribution in [3.8, 4) is 0 Å². The van der Waals surface area contributed by atoms with Crippen molar-refractivity contribution < 1.29 is 14.6 Å². The van der Waals surface area contributed by atoms with Crippen molar-refractivity contribution in [2.45, 2.75) is 12.7 Å². The van der Waals surface area contributed by atoms with E-state index in [1.165, 1.54) is 0 Å². The average molecular weight is 287 g/mol. The van der Waals surface area contributed by atoms with Crippen molar-refractivity contribution in [2.24, 2.45) is 0 Å². The molecule has 1 aromatic carbocycles. The van der Waals surface area contributed by atoms with Crippen molar-refractivity contribution in [2.75, 3.05) is 26.7 Å². The molecular weight excluding hydrogens is 268 g/mol. The summed E-state index contributed by atoms with van der Waals surface area (Å²) in [7, 11) is 1.56. The number of aliphatic hydroxyl groups excluding tert-OH is 1. The smallest absolute Gasteiger partial charge is 0.233 e. The fraction of sp³-hybridized carbons (Fsp3) is 0.462. The molecule has 0 radical (unpaired) electrons. The first-order valence-corrected chi connectivity index (χ1v) is 6.41. The van der Waals surface area contributed by atoms with Gasteiger partial charge in [-0.1, -0.05) is 29.8 Å². The largest absolute Gasteiger partial charge is 0.389 e. The van der Waals surface area contributed by atoms with E-state index in [1.54, 1.807) is 13.1 Å². The lowest BCUT2D eigenvalue weighted by molar-refractivity contribution is -0.119. The summed E-state index contributed by atoms with van der Waals surface area (Å²) in [5.74, 6) is -0.121. The molecule has 0 aliphatic carbocycles. The Kier molecular flexibility index (Phi) is 7.43. The lowest BCUT2D eigenvalue weighted by Crippen LogP contribution is -2.37. The van der Waals surface area contributed by atoms with E-state index < -0.39 is 6.10 Å². The molecule has 106 valence electrons. The van der Waals surface area contributed by atoms with Crippen LogP contribution in [-0.4, -0.2) is 43.9 Å². The van der Waals surface area contributed by atoms with Crippen molar-refractivity contribution in [1.29, 1.82) is 0 Å². The molecule has 6 heteroatoms. The number of amides is 1.